The average molecular weight is 476 g/mol. The third-order valence-electron chi connectivity index (χ3n) is 6.22. The highest BCUT2D eigenvalue weighted by atomic mass is 79.9. The van der Waals surface area contributed by atoms with Gasteiger partial charge in [-0.25, -0.2) is 0 Å². The highest BCUT2D eigenvalue weighted by Gasteiger charge is 2.75. The van der Waals surface area contributed by atoms with Crippen molar-refractivity contribution in [2.24, 2.45) is 11.8 Å². The molecule has 3 amide bonds. The number of nitrogens with zero attached hydrogens (tertiary/aromatic N) is 1. The molecule has 2 bridgehead atoms. The van der Waals surface area contributed by atoms with Crippen LogP contribution in [-0.2, 0) is 14.4 Å². The molecule has 1 spiro atoms. The number of nitrogens with one attached hydrogen (secondary N) is 2. The van der Waals surface area contributed by atoms with Crippen molar-refractivity contribution < 1.29 is 19.5 Å². The minimum absolute atomic E-state index is 0.00992. The van der Waals surface area contributed by atoms with Gasteiger partial charge >= 0.3 is 0 Å². The van der Waals surface area contributed by atoms with Crippen molar-refractivity contribution in [1.29, 1.82) is 0 Å². The molecule has 3 N–H and O–H groups in total. The Morgan fingerprint density at radius 1 is 1.32 bits per heavy atom. The predicted molar refractivity (Wildman–Crippen MR) is 112 cm³/mol. The maximum Gasteiger partial charge on any atom is 0.244 e. The van der Waals surface area contributed by atoms with Crippen molar-refractivity contribution in [3.05, 3.63) is 0 Å². The lowest BCUT2D eigenvalue weighted by Gasteiger charge is -2.35. The van der Waals surface area contributed by atoms with E-state index in [9.17, 15) is 19.5 Å². The van der Waals surface area contributed by atoms with Crippen molar-refractivity contribution in [2.75, 3.05) is 26.7 Å². The lowest BCUT2D eigenvalue weighted by atomic mass is 9.70. The van der Waals surface area contributed by atoms with Crippen LogP contribution in [0.4, 0.5) is 0 Å². The summed E-state index contributed by atoms with van der Waals surface area (Å²) < 4.78 is -0.586. The number of likely N-dealkylation sites (tertiary alicyclic amines) is 1. The number of carbonyl (C=O) groups is 3. The molecule has 3 rings (SSSR count). The van der Waals surface area contributed by atoms with Crippen LogP contribution in [0.3, 0.4) is 0 Å². The molecule has 3 unspecified atom stereocenters. The van der Waals surface area contributed by atoms with Crippen LogP contribution < -0.4 is 10.6 Å². The molecule has 0 aromatic rings. The molecule has 0 radical (unpaired) electrons. The molecular formula is C19H30BrN3O4S. The van der Waals surface area contributed by atoms with Gasteiger partial charge in [-0.05, 0) is 19.3 Å². The van der Waals surface area contributed by atoms with Crippen LogP contribution in [0.1, 0.15) is 39.0 Å². The number of carbonyl (C=O) groups excluding carboxylic acids is 3. The molecule has 6 atom stereocenters. The van der Waals surface area contributed by atoms with E-state index in [-0.39, 0.29) is 34.4 Å². The molecule has 3 aliphatic heterocycles. The van der Waals surface area contributed by atoms with Gasteiger partial charge in [0.15, 0.2) is 0 Å². The Labute approximate surface area is 178 Å². The molecule has 3 fully saturated rings. The molecule has 0 aliphatic carbocycles. The number of alkyl halides is 1. The van der Waals surface area contributed by atoms with Gasteiger partial charge in [0.05, 0.1) is 16.6 Å². The number of rotatable bonds is 9. The lowest BCUT2D eigenvalue weighted by molar-refractivity contribution is -0.140. The van der Waals surface area contributed by atoms with E-state index in [0.29, 0.717) is 25.9 Å². The van der Waals surface area contributed by atoms with Gasteiger partial charge < -0.3 is 20.6 Å². The van der Waals surface area contributed by atoms with Crippen molar-refractivity contribution >= 4 is 45.4 Å². The smallest absolute Gasteiger partial charge is 0.244 e. The van der Waals surface area contributed by atoms with Gasteiger partial charge in [0.25, 0.3) is 0 Å². The number of hydrogen-bond acceptors (Lipinski definition) is 5. The average Bonchev–Trinajstić information content (AvgIpc) is 3.26. The molecule has 7 nitrogen and oxygen atoms in total. The van der Waals surface area contributed by atoms with Crippen LogP contribution in [0.5, 0.6) is 0 Å². The van der Waals surface area contributed by atoms with E-state index in [0.717, 1.165) is 19.3 Å². The summed E-state index contributed by atoms with van der Waals surface area (Å²) in [4.78, 5) is 40.9. The van der Waals surface area contributed by atoms with Crippen molar-refractivity contribution in [2.45, 2.75) is 59.9 Å². The van der Waals surface area contributed by atoms with Gasteiger partial charge in [0.1, 0.15) is 6.04 Å². The fraction of sp³-hybridized carbons (Fsp3) is 0.842. The summed E-state index contributed by atoms with van der Waals surface area (Å²) >= 11 is 5.34. The minimum atomic E-state index is -0.595. The highest BCUT2D eigenvalue weighted by Crippen LogP contribution is 2.67. The number of aliphatic hydroxyl groups excluding tert-OH is 1. The summed E-state index contributed by atoms with van der Waals surface area (Å²) in [5.74, 6) is -1.30. The highest BCUT2D eigenvalue weighted by molar-refractivity contribution is 9.09. The summed E-state index contributed by atoms with van der Waals surface area (Å²) in [6.45, 7) is 3.00. The number of aliphatic hydroxyl groups is 1. The third-order valence-corrected chi connectivity index (χ3v) is 9.44. The molecule has 28 heavy (non-hydrogen) atoms. The largest absolute Gasteiger partial charge is 0.396 e. The van der Waals surface area contributed by atoms with Crippen LogP contribution in [0.2, 0.25) is 0 Å². The fourth-order valence-electron chi connectivity index (χ4n) is 5.06. The van der Waals surface area contributed by atoms with Crippen LogP contribution in [0.25, 0.3) is 0 Å². The second-order valence-corrected chi connectivity index (χ2v) is 10.6. The first-order chi connectivity index (χ1) is 13.4. The lowest BCUT2D eigenvalue weighted by Crippen LogP contribution is -2.54. The van der Waals surface area contributed by atoms with Gasteiger partial charge in [0, 0.05) is 36.8 Å². The number of fused-ring (bicyclic) bond motifs is 1. The van der Waals surface area contributed by atoms with Crippen LogP contribution in [0.15, 0.2) is 0 Å². The van der Waals surface area contributed by atoms with Gasteiger partial charge in [0.2, 0.25) is 17.7 Å². The Morgan fingerprint density at radius 2 is 2.07 bits per heavy atom. The second-order valence-electron chi connectivity index (χ2n) is 7.88. The molecule has 3 saturated heterocycles. The molecular weight excluding hydrogens is 446 g/mol. The summed E-state index contributed by atoms with van der Waals surface area (Å²) in [7, 11) is 1.59. The fourth-order valence-corrected chi connectivity index (χ4v) is 8.67. The van der Waals surface area contributed by atoms with Crippen LogP contribution >= 0.6 is 27.7 Å². The molecule has 0 aromatic heterocycles. The summed E-state index contributed by atoms with van der Waals surface area (Å²) in [6, 6.07) is -0.595. The first-order valence-electron chi connectivity index (χ1n) is 10.2. The van der Waals surface area contributed by atoms with E-state index in [1.807, 2.05) is 0 Å². The number of halogens is 1. The Hall–Kier alpha value is -0.800. The number of amides is 3. The molecule has 0 aromatic carbocycles. The van der Waals surface area contributed by atoms with Gasteiger partial charge in [-0.3, -0.25) is 14.4 Å². The summed E-state index contributed by atoms with van der Waals surface area (Å²) in [5, 5.41) is 15.0. The SMILES string of the molecule is CCCCCNC(=O)C1N(CCCO)C(=O)[C@@H]2[C@@H](C(=O)NC)[C@@H]3SC12CC3Br. The van der Waals surface area contributed by atoms with Crippen LogP contribution in [0, 0.1) is 11.8 Å². The monoisotopic (exact) mass is 475 g/mol. The third kappa shape index (κ3) is 3.47. The van der Waals surface area contributed by atoms with Gasteiger partial charge in [-0.15, -0.1) is 11.8 Å². The topological polar surface area (TPSA) is 98.7 Å². The zero-order valence-corrected chi connectivity index (χ0v) is 18.9. The first-order valence-corrected chi connectivity index (χ1v) is 11.9. The predicted octanol–water partition coefficient (Wildman–Crippen LogP) is 0.886. The van der Waals surface area contributed by atoms with Crippen molar-refractivity contribution in [3.8, 4) is 0 Å². The van der Waals surface area contributed by atoms with E-state index in [1.54, 1.807) is 23.7 Å². The van der Waals surface area contributed by atoms with E-state index >= 15 is 0 Å². The maximum atomic E-state index is 13.4. The molecule has 3 heterocycles. The molecule has 9 heteroatoms. The zero-order valence-electron chi connectivity index (χ0n) is 16.4. The Kier molecular flexibility index (Phi) is 6.97. The van der Waals surface area contributed by atoms with E-state index in [4.69, 9.17) is 0 Å². The molecule has 3 aliphatic rings. The normalized spacial score (nSPS) is 35.9. The Balaban J connectivity index is 1.90. The van der Waals surface area contributed by atoms with E-state index in [1.165, 1.54) is 0 Å². The van der Waals surface area contributed by atoms with Crippen LogP contribution in [-0.4, -0.2) is 75.3 Å². The van der Waals surface area contributed by atoms with Gasteiger partial charge in [-0.2, -0.15) is 0 Å². The zero-order chi connectivity index (χ0) is 20.5. The second kappa shape index (κ2) is 8.92. The first kappa shape index (κ1) is 21.9. The standard InChI is InChI=1S/C19H30BrN3O4S/c1-3-4-5-7-22-17(26)15-19-10-11(20)14(28-19)12(16(25)21-2)13(19)18(27)23(15)8-6-9-24/h11-15,24H,3-10H2,1-2H3,(H,21,25)(H,22,26)/t11?,12-,13+,14-,15?,19?/m1/s1. The Morgan fingerprint density at radius 3 is 2.71 bits per heavy atom. The number of hydrogen-bond donors (Lipinski definition) is 3. The minimum Gasteiger partial charge on any atom is -0.396 e. The summed E-state index contributed by atoms with van der Waals surface area (Å²) in [5.41, 5.74) is 0. The van der Waals surface area contributed by atoms with Crippen molar-refractivity contribution in [1.82, 2.24) is 15.5 Å². The molecule has 158 valence electrons. The molecule has 0 saturated carbocycles. The quantitative estimate of drug-likeness (QED) is 0.339. The summed E-state index contributed by atoms with van der Waals surface area (Å²) in [6.07, 6.45) is 4.14. The van der Waals surface area contributed by atoms with Crippen molar-refractivity contribution in [3.63, 3.8) is 0 Å². The van der Waals surface area contributed by atoms with E-state index < -0.39 is 22.6 Å². The number of thioether (sulfide) groups is 1. The Bertz CT molecular complexity index is 636. The van der Waals surface area contributed by atoms with Gasteiger partial charge in [-0.1, -0.05) is 35.7 Å². The maximum absolute atomic E-state index is 13.4. The number of unbranched alkanes of at least 4 members (excludes halogenated alkanes) is 2. The van der Waals surface area contributed by atoms with E-state index in [2.05, 4.69) is 33.5 Å².